The predicted molar refractivity (Wildman–Crippen MR) is 141 cm³/mol. The van der Waals surface area contributed by atoms with Crippen LogP contribution in [0.2, 0.25) is 0 Å². The molecule has 36 heavy (non-hydrogen) atoms. The first-order valence-electron chi connectivity index (χ1n) is 12.0. The SMILES string of the molecule is CCOC(=O)C[C@@H]1N=C(c2ccc(NCc3ccncc3)cc2)c2c(sc(C)c2C)-n2c(C)nnc21. The monoisotopic (exact) mass is 500 g/mol. The van der Waals surface area contributed by atoms with E-state index in [4.69, 9.17) is 9.73 Å². The number of nitrogens with one attached hydrogen (secondary N) is 1. The van der Waals surface area contributed by atoms with Crippen LogP contribution in [-0.2, 0) is 16.1 Å². The Balaban J connectivity index is 1.54. The van der Waals surface area contributed by atoms with Crippen LogP contribution in [-0.4, -0.2) is 38.0 Å². The molecule has 5 rings (SSSR count). The van der Waals surface area contributed by atoms with Crippen molar-refractivity contribution in [3.8, 4) is 5.00 Å². The van der Waals surface area contributed by atoms with E-state index in [0.29, 0.717) is 19.0 Å². The molecular weight excluding hydrogens is 472 g/mol. The third-order valence-corrected chi connectivity index (χ3v) is 7.50. The smallest absolute Gasteiger partial charge is 0.308 e. The third kappa shape index (κ3) is 4.54. The lowest BCUT2D eigenvalue weighted by Crippen LogP contribution is -2.13. The van der Waals surface area contributed by atoms with Crippen LogP contribution in [0.15, 0.2) is 53.8 Å². The highest BCUT2D eigenvalue weighted by atomic mass is 32.1. The van der Waals surface area contributed by atoms with Gasteiger partial charge in [-0.1, -0.05) is 12.1 Å². The summed E-state index contributed by atoms with van der Waals surface area (Å²) in [5.74, 6) is 1.13. The van der Waals surface area contributed by atoms with E-state index in [-0.39, 0.29) is 12.4 Å². The van der Waals surface area contributed by atoms with Gasteiger partial charge in [0.2, 0.25) is 0 Å². The second-order valence-electron chi connectivity index (χ2n) is 8.69. The molecule has 1 aliphatic rings. The van der Waals surface area contributed by atoms with Crippen LogP contribution in [0.3, 0.4) is 0 Å². The van der Waals surface area contributed by atoms with E-state index < -0.39 is 6.04 Å². The Morgan fingerprint density at radius 1 is 1.08 bits per heavy atom. The van der Waals surface area contributed by atoms with Gasteiger partial charge in [-0.2, -0.15) is 0 Å². The quantitative estimate of drug-likeness (QED) is 0.355. The molecule has 0 spiro atoms. The number of nitrogens with zero attached hydrogens (tertiary/aromatic N) is 5. The number of aliphatic imine (C=N–C) groups is 1. The van der Waals surface area contributed by atoms with E-state index in [1.165, 1.54) is 10.4 Å². The van der Waals surface area contributed by atoms with Gasteiger partial charge in [-0.15, -0.1) is 21.5 Å². The van der Waals surface area contributed by atoms with Gasteiger partial charge in [0.15, 0.2) is 5.82 Å². The maximum Gasteiger partial charge on any atom is 0.308 e. The Bertz CT molecular complexity index is 1420. The van der Waals surface area contributed by atoms with Crippen molar-refractivity contribution < 1.29 is 9.53 Å². The second kappa shape index (κ2) is 10.0. The summed E-state index contributed by atoms with van der Waals surface area (Å²) in [6, 6.07) is 11.8. The minimum atomic E-state index is -0.496. The molecule has 184 valence electrons. The molecule has 9 heteroatoms. The molecule has 8 nitrogen and oxygen atoms in total. The van der Waals surface area contributed by atoms with Crippen LogP contribution < -0.4 is 5.32 Å². The number of carbonyl (C=O) groups is 1. The van der Waals surface area contributed by atoms with Crippen LogP contribution in [0.5, 0.6) is 0 Å². The van der Waals surface area contributed by atoms with Gasteiger partial charge in [0.25, 0.3) is 0 Å². The number of fused-ring (bicyclic) bond motifs is 3. The Hall–Kier alpha value is -3.85. The fourth-order valence-electron chi connectivity index (χ4n) is 4.35. The standard InChI is InChI=1S/C27H28N6O2S/c1-5-35-23(34)14-22-26-32-31-18(4)33(26)27-24(16(2)17(3)36-27)25(30-22)20-6-8-21(9-7-20)29-15-19-10-12-28-13-11-19/h6-13,22,29H,5,14-15H2,1-4H3/t22-/m0/s1. The number of pyridine rings is 1. The van der Waals surface area contributed by atoms with Gasteiger partial charge < -0.3 is 10.1 Å². The predicted octanol–water partition coefficient (Wildman–Crippen LogP) is 5.11. The Morgan fingerprint density at radius 2 is 1.83 bits per heavy atom. The number of rotatable bonds is 7. The van der Waals surface area contributed by atoms with Crippen molar-refractivity contribution in [2.24, 2.45) is 4.99 Å². The number of benzene rings is 1. The fraction of sp³-hybridized carbons (Fsp3) is 0.296. The molecule has 3 aromatic heterocycles. The average molecular weight is 501 g/mol. The summed E-state index contributed by atoms with van der Waals surface area (Å²) in [4.78, 5) is 22.9. The number of anilines is 1. The van der Waals surface area contributed by atoms with Crippen LogP contribution in [0.4, 0.5) is 5.69 Å². The van der Waals surface area contributed by atoms with Crippen LogP contribution in [0.1, 0.15) is 58.2 Å². The van der Waals surface area contributed by atoms with Crippen molar-refractivity contribution in [2.45, 2.75) is 46.7 Å². The minimum absolute atomic E-state index is 0.105. The van der Waals surface area contributed by atoms with Gasteiger partial charge in [-0.3, -0.25) is 19.3 Å². The highest BCUT2D eigenvalue weighted by molar-refractivity contribution is 7.15. The fourth-order valence-corrected chi connectivity index (χ4v) is 5.57. The maximum absolute atomic E-state index is 12.5. The van der Waals surface area contributed by atoms with Crippen LogP contribution in [0.25, 0.3) is 5.00 Å². The van der Waals surface area contributed by atoms with E-state index in [0.717, 1.165) is 38.9 Å². The zero-order valence-corrected chi connectivity index (χ0v) is 21.6. The molecule has 0 radical (unpaired) electrons. The number of aromatic nitrogens is 4. The van der Waals surface area contributed by atoms with E-state index in [9.17, 15) is 4.79 Å². The first kappa shape index (κ1) is 23.9. The highest BCUT2D eigenvalue weighted by Gasteiger charge is 2.32. The highest BCUT2D eigenvalue weighted by Crippen LogP contribution is 2.39. The van der Waals surface area contributed by atoms with E-state index in [1.807, 2.05) is 23.6 Å². The zero-order valence-electron chi connectivity index (χ0n) is 20.8. The molecule has 0 saturated carbocycles. The van der Waals surface area contributed by atoms with Gasteiger partial charge in [0, 0.05) is 40.6 Å². The Labute approximate surface area is 214 Å². The molecular formula is C27H28N6O2S. The molecule has 1 aromatic carbocycles. The molecule has 0 fully saturated rings. The largest absolute Gasteiger partial charge is 0.466 e. The van der Waals surface area contributed by atoms with Gasteiger partial charge >= 0.3 is 5.97 Å². The van der Waals surface area contributed by atoms with Crippen LogP contribution in [0, 0.1) is 20.8 Å². The first-order chi connectivity index (χ1) is 17.5. The van der Waals surface area contributed by atoms with Crippen molar-refractivity contribution in [1.82, 2.24) is 19.7 Å². The number of esters is 1. The molecule has 0 bridgehead atoms. The lowest BCUT2D eigenvalue weighted by molar-refractivity contribution is -0.143. The summed E-state index contributed by atoms with van der Waals surface area (Å²) < 4.78 is 7.30. The van der Waals surface area contributed by atoms with Gasteiger partial charge in [-0.25, -0.2) is 0 Å². The molecule has 1 N–H and O–H groups in total. The number of aryl methyl sites for hydroxylation is 2. The van der Waals surface area contributed by atoms with Crippen molar-refractivity contribution in [2.75, 3.05) is 11.9 Å². The van der Waals surface area contributed by atoms with Crippen LogP contribution >= 0.6 is 11.3 Å². The molecule has 0 saturated heterocycles. The number of ether oxygens (including phenoxy) is 1. The van der Waals surface area contributed by atoms with E-state index in [1.54, 1.807) is 30.7 Å². The lowest BCUT2D eigenvalue weighted by atomic mass is 9.99. The number of hydrogen-bond donors (Lipinski definition) is 1. The summed E-state index contributed by atoms with van der Waals surface area (Å²) >= 11 is 1.70. The maximum atomic E-state index is 12.5. The Morgan fingerprint density at radius 3 is 2.56 bits per heavy atom. The normalized spacial score (nSPS) is 14.4. The summed E-state index contributed by atoms with van der Waals surface area (Å²) in [6.45, 7) is 9.02. The van der Waals surface area contributed by atoms with E-state index >= 15 is 0 Å². The zero-order chi connectivity index (χ0) is 25.2. The van der Waals surface area contributed by atoms with Crippen molar-refractivity contribution in [3.63, 3.8) is 0 Å². The van der Waals surface area contributed by atoms with Gasteiger partial charge in [-0.05, 0) is 63.1 Å². The molecule has 4 heterocycles. The van der Waals surface area contributed by atoms with E-state index in [2.05, 4.69) is 58.6 Å². The lowest BCUT2D eigenvalue weighted by Gasteiger charge is -2.13. The molecule has 0 amide bonds. The summed E-state index contributed by atoms with van der Waals surface area (Å²) in [5.41, 5.74) is 6.24. The average Bonchev–Trinajstić information content (AvgIpc) is 3.36. The van der Waals surface area contributed by atoms with Crippen molar-refractivity contribution in [1.29, 1.82) is 0 Å². The van der Waals surface area contributed by atoms with Crippen molar-refractivity contribution in [3.05, 3.63) is 87.6 Å². The Kier molecular flexibility index (Phi) is 6.65. The first-order valence-corrected chi connectivity index (χ1v) is 12.8. The molecule has 4 aromatic rings. The molecule has 1 atom stereocenters. The summed E-state index contributed by atoms with van der Waals surface area (Å²) in [6.07, 6.45) is 3.69. The second-order valence-corrected chi connectivity index (χ2v) is 9.90. The van der Waals surface area contributed by atoms with Gasteiger partial charge in [0.1, 0.15) is 16.9 Å². The minimum Gasteiger partial charge on any atom is -0.466 e. The number of thiophene rings is 1. The molecule has 1 aliphatic heterocycles. The number of hydrogen-bond acceptors (Lipinski definition) is 8. The third-order valence-electron chi connectivity index (χ3n) is 6.31. The van der Waals surface area contributed by atoms with Gasteiger partial charge in [0.05, 0.1) is 18.7 Å². The summed E-state index contributed by atoms with van der Waals surface area (Å²) in [5, 5.41) is 13.2. The number of carbonyl (C=O) groups excluding carboxylic acids is 1. The van der Waals surface area contributed by atoms with Crippen molar-refractivity contribution >= 4 is 28.7 Å². The topological polar surface area (TPSA) is 94.3 Å². The summed E-state index contributed by atoms with van der Waals surface area (Å²) in [7, 11) is 0. The molecule has 0 unspecified atom stereocenters. The molecule has 0 aliphatic carbocycles.